The number of rotatable bonds is 5. The Balaban J connectivity index is 2.73. The molecule has 0 aliphatic heterocycles. The predicted molar refractivity (Wildman–Crippen MR) is 70.2 cm³/mol. The highest BCUT2D eigenvalue weighted by Crippen LogP contribution is 2.18. The molecule has 1 aromatic heterocycles. The van der Waals surface area contributed by atoms with Crippen molar-refractivity contribution in [1.29, 1.82) is 5.26 Å². The van der Waals surface area contributed by atoms with Crippen molar-refractivity contribution in [3.05, 3.63) is 23.0 Å². The van der Waals surface area contributed by atoms with E-state index in [-0.39, 0.29) is 12.5 Å². The summed E-state index contributed by atoms with van der Waals surface area (Å²) in [6.07, 6.45) is 0.905. The predicted octanol–water partition coefficient (Wildman–Crippen LogP) is 1.51. The standard InChI is InChI=1S/C13H18N4O/c1-4-5-15-13(18)8-16-12-6-9(2)17-10(3)11(12)7-14/h6H,4-5,8H2,1-3H3,(H,15,18)(H,16,17). The molecule has 0 fully saturated rings. The summed E-state index contributed by atoms with van der Waals surface area (Å²) < 4.78 is 0. The molecule has 5 nitrogen and oxygen atoms in total. The molecule has 0 atom stereocenters. The summed E-state index contributed by atoms with van der Waals surface area (Å²) in [7, 11) is 0. The number of anilines is 1. The number of amides is 1. The molecular weight excluding hydrogens is 228 g/mol. The maximum atomic E-state index is 11.5. The molecule has 1 amide bonds. The molecule has 1 heterocycles. The van der Waals surface area contributed by atoms with Gasteiger partial charge in [0.2, 0.25) is 5.91 Å². The Bertz CT molecular complexity index is 477. The number of nitrogens with one attached hydrogen (secondary N) is 2. The molecule has 96 valence electrons. The van der Waals surface area contributed by atoms with Crippen molar-refractivity contribution >= 4 is 11.6 Å². The monoisotopic (exact) mass is 246 g/mol. The summed E-state index contributed by atoms with van der Waals surface area (Å²) in [6, 6.07) is 3.88. The number of aromatic nitrogens is 1. The number of aryl methyl sites for hydroxylation is 2. The Kier molecular flexibility index (Phi) is 5.12. The molecule has 0 bridgehead atoms. The minimum Gasteiger partial charge on any atom is -0.375 e. The summed E-state index contributed by atoms with van der Waals surface area (Å²) in [4.78, 5) is 15.7. The highest BCUT2D eigenvalue weighted by atomic mass is 16.1. The second kappa shape index (κ2) is 6.60. The summed E-state index contributed by atoms with van der Waals surface area (Å²) >= 11 is 0. The van der Waals surface area contributed by atoms with E-state index in [0.29, 0.717) is 23.5 Å². The van der Waals surface area contributed by atoms with E-state index in [1.807, 2.05) is 13.8 Å². The van der Waals surface area contributed by atoms with Gasteiger partial charge in [-0.1, -0.05) is 6.92 Å². The number of hydrogen-bond acceptors (Lipinski definition) is 4. The van der Waals surface area contributed by atoms with Crippen LogP contribution in [0.25, 0.3) is 0 Å². The lowest BCUT2D eigenvalue weighted by Gasteiger charge is -2.10. The number of hydrogen-bond donors (Lipinski definition) is 2. The number of carbonyl (C=O) groups excluding carboxylic acids is 1. The van der Waals surface area contributed by atoms with Gasteiger partial charge < -0.3 is 10.6 Å². The van der Waals surface area contributed by atoms with Crippen molar-refractivity contribution in [2.24, 2.45) is 0 Å². The minimum absolute atomic E-state index is 0.0761. The van der Waals surface area contributed by atoms with Crippen LogP contribution in [0.2, 0.25) is 0 Å². The molecule has 0 unspecified atom stereocenters. The van der Waals surface area contributed by atoms with Crippen LogP contribution in [0.1, 0.15) is 30.3 Å². The molecule has 1 rings (SSSR count). The molecule has 0 saturated heterocycles. The van der Waals surface area contributed by atoms with Crippen LogP contribution in [0.4, 0.5) is 5.69 Å². The Labute approximate surface area is 107 Å². The first-order valence-electron chi connectivity index (χ1n) is 5.97. The van der Waals surface area contributed by atoms with E-state index in [1.54, 1.807) is 13.0 Å². The van der Waals surface area contributed by atoms with Gasteiger partial charge >= 0.3 is 0 Å². The third kappa shape index (κ3) is 3.74. The summed E-state index contributed by atoms with van der Waals surface area (Å²) in [5, 5.41) is 14.8. The van der Waals surface area contributed by atoms with Crippen molar-refractivity contribution in [3.63, 3.8) is 0 Å². The number of pyridine rings is 1. The molecule has 0 aliphatic carbocycles. The van der Waals surface area contributed by atoms with Crippen LogP contribution in [-0.4, -0.2) is 24.0 Å². The fourth-order valence-corrected chi connectivity index (χ4v) is 1.61. The molecular formula is C13H18N4O. The quantitative estimate of drug-likeness (QED) is 0.825. The Morgan fingerprint density at radius 1 is 1.50 bits per heavy atom. The van der Waals surface area contributed by atoms with Gasteiger partial charge in [-0.2, -0.15) is 5.26 Å². The van der Waals surface area contributed by atoms with Gasteiger partial charge in [0, 0.05) is 12.2 Å². The molecule has 2 N–H and O–H groups in total. The lowest BCUT2D eigenvalue weighted by molar-refractivity contribution is -0.119. The second-order valence-electron chi connectivity index (χ2n) is 4.09. The average molecular weight is 246 g/mol. The van der Waals surface area contributed by atoms with E-state index in [2.05, 4.69) is 21.7 Å². The van der Waals surface area contributed by atoms with E-state index < -0.39 is 0 Å². The van der Waals surface area contributed by atoms with E-state index in [0.717, 1.165) is 12.1 Å². The molecule has 1 aromatic rings. The van der Waals surface area contributed by atoms with Gasteiger partial charge in [0.15, 0.2) is 0 Å². The maximum Gasteiger partial charge on any atom is 0.239 e. The van der Waals surface area contributed by atoms with Crippen LogP contribution in [0.5, 0.6) is 0 Å². The molecule has 18 heavy (non-hydrogen) atoms. The first-order valence-corrected chi connectivity index (χ1v) is 5.97. The molecule has 0 spiro atoms. The van der Waals surface area contributed by atoms with Crippen molar-refractivity contribution in [2.75, 3.05) is 18.4 Å². The van der Waals surface area contributed by atoms with Gasteiger partial charge in [0.05, 0.1) is 23.5 Å². The van der Waals surface area contributed by atoms with Crippen molar-refractivity contribution in [2.45, 2.75) is 27.2 Å². The maximum absolute atomic E-state index is 11.5. The molecule has 0 aliphatic rings. The zero-order valence-corrected chi connectivity index (χ0v) is 11.0. The smallest absolute Gasteiger partial charge is 0.239 e. The number of carbonyl (C=O) groups is 1. The third-order valence-corrected chi connectivity index (χ3v) is 2.45. The van der Waals surface area contributed by atoms with Gasteiger partial charge in [0.25, 0.3) is 0 Å². The van der Waals surface area contributed by atoms with Crippen molar-refractivity contribution < 1.29 is 4.79 Å². The van der Waals surface area contributed by atoms with Gasteiger partial charge in [0.1, 0.15) is 6.07 Å². The van der Waals surface area contributed by atoms with Crippen molar-refractivity contribution in [3.8, 4) is 6.07 Å². The van der Waals surface area contributed by atoms with Gasteiger partial charge in [-0.25, -0.2) is 0 Å². The molecule has 5 heteroatoms. The summed E-state index contributed by atoms with van der Waals surface area (Å²) in [5.41, 5.74) is 2.65. The second-order valence-corrected chi connectivity index (χ2v) is 4.09. The van der Waals surface area contributed by atoms with E-state index in [4.69, 9.17) is 5.26 Å². The largest absolute Gasteiger partial charge is 0.375 e. The topological polar surface area (TPSA) is 77.8 Å². The summed E-state index contributed by atoms with van der Waals surface area (Å²) in [5.74, 6) is -0.0761. The zero-order chi connectivity index (χ0) is 13.5. The Morgan fingerprint density at radius 2 is 2.22 bits per heavy atom. The van der Waals surface area contributed by atoms with E-state index in [9.17, 15) is 4.79 Å². The Hall–Kier alpha value is -2.09. The van der Waals surface area contributed by atoms with Gasteiger partial charge in [-0.3, -0.25) is 9.78 Å². The first-order chi connectivity index (χ1) is 8.58. The van der Waals surface area contributed by atoms with Crippen LogP contribution in [-0.2, 0) is 4.79 Å². The van der Waals surface area contributed by atoms with Crippen LogP contribution >= 0.6 is 0 Å². The summed E-state index contributed by atoms with van der Waals surface area (Å²) in [6.45, 7) is 6.47. The lowest BCUT2D eigenvalue weighted by atomic mass is 10.1. The number of nitrogens with zero attached hydrogens (tertiary/aromatic N) is 2. The normalized spacial score (nSPS) is 9.67. The zero-order valence-electron chi connectivity index (χ0n) is 11.0. The van der Waals surface area contributed by atoms with E-state index >= 15 is 0 Å². The number of nitriles is 1. The van der Waals surface area contributed by atoms with Gasteiger partial charge in [-0.05, 0) is 26.3 Å². The average Bonchev–Trinajstić information content (AvgIpc) is 2.33. The minimum atomic E-state index is -0.0761. The fraction of sp³-hybridized carbons (Fsp3) is 0.462. The molecule has 0 aromatic carbocycles. The van der Waals surface area contributed by atoms with Crippen LogP contribution in [0.3, 0.4) is 0 Å². The third-order valence-electron chi connectivity index (χ3n) is 2.45. The Morgan fingerprint density at radius 3 is 2.83 bits per heavy atom. The highest BCUT2D eigenvalue weighted by molar-refractivity contribution is 5.81. The lowest BCUT2D eigenvalue weighted by Crippen LogP contribution is -2.30. The molecule has 0 radical (unpaired) electrons. The highest BCUT2D eigenvalue weighted by Gasteiger charge is 2.09. The van der Waals surface area contributed by atoms with Crippen LogP contribution in [0, 0.1) is 25.2 Å². The van der Waals surface area contributed by atoms with E-state index in [1.165, 1.54) is 0 Å². The van der Waals surface area contributed by atoms with Gasteiger partial charge in [-0.15, -0.1) is 0 Å². The first kappa shape index (κ1) is 14.0. The van der Waals surface area contributed by atoms with Crippen LogP contribution < -0.4 is 10.6 Å². The SMILES string of the molecule is CCCNC(=O)CNc1cc(C)nc(C)c1C#N. The van der Waals surface area contributed by atoms with Crippen LogP contribution in [0.15, 0.2) is 6.07 Å². The fourth-order valence-electron chi connectivity index (χ4n) is 1.61. The molecule has 0 saturated carbocycles. The van der Waals surface area contributed by atoms with Crippen molar-refractivity contribution in [1.82, 2.24) is 10.3 Å².